The Morgan fingerprint density at radius 3 is 2.69 bits per heavy atom. The second kappa shape index (κ2) is 11.3. The van der Waals surface area contributed by atoms with E-state index in [9.17, 15) is 0 Å². The van der Waals surface area contributed by atoms with Crippen LogP contribution < -0.4 is 20.3 Å². The van der Waals surface area contributed by atoms with E-state index in [0.717, 1.165) is 43.7 Å². The number of hydrogen-bond acceptors (Lipinski definition) is 4. The van der Waals surface area contributed by atoms with Crippen molar-refractivity contribution in [3.8, 4) is 5.75 Å². The Morgan fingerprint density at radius 1 is 1.14 bits per heavy atom. The van der Waals surface area contributed by atoms with Crippen LogP contribution in [0.1, 0.15) is 39.0 Å². The highest BCUT2D eigenvalue weighted by Crippen LogP contribution is 2.30. The van der Waals surface area contributed by atoms with E-state index in [1.165, 1.54) is 51.0 Å². The molecule has 2 aliphatic heterocycles. The van der Waals surface area contributed by atoms with Gasteiger partial charge in [-0.25, -0.2) is 0 Å². The number of unbranched alkanes of at least 4 members (excludes halogenated alkanes) is 1. The molecule has 0 spiro atoms. The van der Waals surface area contributed by atoms with Gasteiger partial charge in [-0.15, -0.1) is 0 Å². The summed E-state index contributed by atoms with van der Waals surface area (Å²) in [6.45, 7) is 9.14. The first-order chi connectivity index (χ1) is 14.2. The zero-order valence-corrected chi connectivity index (χ0v) is 18.5. The fraction of sp³-hybridized carbons (Fsp3) is 0.696. The molecular weight excluding hydrogens is 362 g/mol. The Hall–Kier alpha value is -1.95. The Labute approximate surface area is 176 Å². The van der Waals surface area contributed by atoms with Gasteiger partial charge in [-0.2, -0.15) is 0 Å². The number of likely N-dealkylation sites (tertiary alicyclic amines) is 1. The van der Waals surface area contributed by atoms with Crippen LogP contribution in [-0.2, 0) is 0 Å². The van der Waals surface area contributed by atoms with Gasteiger partial charge in [0.1, 0.15) is 5.75 Å². The number of anilines is 1. The first kappa shape index (κ1) is 21.8. The molecule has 0 aliphatic carbocycles. The maximum absolute atomic E-state index is 5.52. The second-order valence-corrected chi connectivity index (χ2v) is 8.48. The van der Waals surface area contributed by atoms with E-state index in [-0.39, 0.29) is 0 Å². The number of methoxy groups -OCH3 is 1. The van der Waals surface area contributed by atoms with Crippen molar-refractivity contribution in [1.82, 2.24) is 15.5 Å². The lowest BCUT2D eigenvalue weighted by atomic mass is 9.99. The molecule has 2 saturated heterocycles. The van der Waals surface area contributed by atoms with E-state index >= 15 is 0 Å². The topological polar surface area (TPSA) is 52.1 Å². The van der Waals surface area contributed by atoms with E-state index in [4.69, 9.17) is 4.74 Å². The summed E-state index contributed by atoms with van der Waals surface area (Å²) in [7, 11) is 3.60. The van der Waals surface area contributed by atoms with E-state index < -0.39 is 0 Å². The summed E-state index contributed by atoms with van der Waals surface area (Å²) in [6, 6.07) is 8.66. The van der Waals surface area contributed by atoms with Crippen LogP contribution in [-0.4, -0.2) is 70.3 Å². The maximum atomic E-state index is 5.52. The molecule has 29 heavy (non-hydrogen) atoms. The number of rotatable bonds is 8. The van der Waals surface area contributed by atoms with Crippen molar-refractivity contribution in [3.05, 3.63) is 24.3 Å². The van der Waals surface area contributed by atoms with Crippen LogP contribution in [0.5, 0.6) is 5.75 Å². The third kappa shape index (κ3) is 6.53. The second-order valence-electron chi connectivity index (χ2n) is 8.48. The van der Waals surface area contributed by atoms with Gasteiger partial charge in [-0.3, -0.25) is 4.99 Å². The molecule has 1 aromatic rings. The highest BCUT2D eigenvalue weighted by atomic mass is 16.5. The van der Waals surface area contributed by atoms with Crippen LogP contribution in [0.15, 0.2) is 29.3 Å². The molecule has 2 aliphatic rings. The Morgan fingerprint density at radius 2 is 1.93 bits per heavy atom. The SMILES string of the molecule is CN=C(NCCCCN1CCC(C)CC1)NC1CCN(c2ccccc2OC)C1. The van der Waals surface area contributed by atoms with Crippen molar-refractivity contribution in [3.63, 3.8) is 0 Å². The molecule has 6 nitrogen and oxygen atoms in total. The normalized spacial score (nSPS) is 21.4. The van der Waals surface area contributed by atoms with Crippen LogP contribution in [0.3, 0.4) is 0 Å². The highest BCUT2D eigenvalue weighted by molar-refractivity contribution is 5.80. The minimum absolute atomic E-state index is 0.404. The van der Waals surface area contributed by atoms with Gasteiger partial charge in [-0.1, -0.05) is 19.1 Å². The van der Waals surface area contributed by atoms with Crippen molar-refractivity contribution in [2.24, 2.45) is 10.9 Å². The van der Waals surface area contributed by atoms with Crippen LogP contribution in [0.2, 0.25) is 0 Å². The number of benzene rings is 1. The number of nitrogens with one attached hydrogen (secondary N) is 2. The van der Waals surface area contributed by atoms with E-state index in [1.54, 1.807) is 7.11 Å². The van der Waals surface area contributed by atoms with Gasteiger partial charge in [0.15, 0.2) is 5.96 Å². The molecule has 162 valence electrons. The van der Waals surface area contributed by atoms with Gasteiger partial charge in [0.25, 0.3) is 0 Å². The number of hydrogen-bond donors (Lipinski definition) is 2. The van der Waals surface area contributed by atoms with Crippen molar-refractivity contribution in [1.29, 1.82) is 0 Å². The number of guanidine groups is 1. The number of ether oxygens (including phenoxy) is 1. The Kier molecular flexibility index (Phi) is 8.47. The van der Waals surface area contributed by atoms with Gasteiger partial charge >= 0.3 is 0 Å². The lowest BCUT2D eigenvalue weighted by Crippen LogP contribution is -2.45. The Balaban J connectivity index is 1.34. The van der Waals surface area contributed by atoms with Gasteiger partial charge in [0, 0.05) is 32.7 Å². The molecule has 2 heterocycles. The summed E-state index contributed by atoms with van der Waals surface area (Å²) in [5.74, 6) is 2.78. The number of aliphatic imine (C=N–C) groups is 1. The first-order valence-electron chi connectivity index (χ1n) is 11.3. The molecule has 1 atom stereocenters. The third-order valence-electron chi connectivity index (χ3n) is 6.25. The van der Waals surface area contributed by atoms with Crippen molar-refractivity contribution in [2.75, 3.05) is 58.3 Å². The molecule has 0 saturated carbocycles. The molecule has 6 heteroatoms. The number of piperidine rings is 1. The predicted molar refractivity (Wildman–Crippen MR) is 122 cm³/mol. The van der Waals surface area contributed by atoms with E-state index in [1.807, 2.05) is 19.2 Å². The molecular formula is C23H39N5O. The largest absolute Gasteiger partial charge is 0.495 e. The summed E-state index contributed by atoms with van der Waals surface area (Å²) >= 11 is 0. The zero-order valence-electron chi connectivity index (χ0n) is 18.5. The molecule has 0 bridgehead atoms. The van der Waals surface area contributed by atoms with Gasteiger partial charge < -0.3 is 25.2 Å². The van der Waals surface area contributed by atoms with Crippen LogP contribution in [0, 0.1) is 5.92 Å². The molecule has 0 amide bonds. The lowest BCUT2D eigenvalue weighted by molar-refractivity contribution is 0.189. The van der Waals surface area contributed by atoms with Gasteiger partial charge in [0.05, 0.1) is 12.8 Å². The van der Waals surface area contributed by atoms with Crippen LogP contribution >= 0.6 is 0 Å². The minimum atomic E-state index is 0.404. The van der Waals surface area contributed by atoms with Crippen LogP contribution in [0.25, 0.3) is 0 Å². The molecule has 1 unspecified atom stereocenters. The maximum Gasteiger partial charge on any atom is 0.191 e. The summed E-state index contributed by atoms with van der Waals surface area (Å²) in [5, 5.41) is 7.09. The summed E-state index contributed by atoms with van der Waals surface area (Å²) in [5.41, 5.74) is 1.18. The molecule has 3 rings (SSSR count). The van der Waals surface area contributed by atoms with E-state index in [0.29, 0.717) is 6.04 Å². The zero-order chi connectivity index (χ0) is 20.5. The predicted octanol–water partition coefficient (Wildman–Crippen LogP) is 2.95. The van der Waals surface area contributed by atoms with Gasteiger partial charge in [-0.05, 0) is 69.8 Å². The van der Waals surface area contributed by atoms with Gasteiger partial charge in [0.2, 0.25) is 0 Å². The van der Waals surface area contributed by atoms with Crippen molar-refractivity contribution < 1.29 is 4.74 Å². The minimum Gasteiger partial charge on any atom is -0.495 e. The highest BCUT2D eigenvalue weighted by Gasteiger charge is 2.25. The quantitative estimate of drug-likeness (QED) is 0.398. The van der Waals surface area contributed by atoms with E-state index in [2.05, 4.69) is 44.5 Å². The summed E-state index contributed by atoms with van der Waals surface area (Å²) < 4.78 is 5.52. The summed E-state index contributed by atoms with van der Waals surface area (Å²) in [4.78, 5) is 9.43. The average molecular weight is 402 g/mol. The number of nitrogens with zero attached hydrogens (tertiary/aromatic N) is 3. The summed E-state index contributed by atoms with van der Waals surface area (Å²) in [6.07, 6.45) is 6.27. The lowest BCUT2D eigenvalue weighted by Gasteiger charge is -2.30. The molecule has 2 N–H and O–H groups in total. The fourth-order valence-electron chi connectivity index (χ4n) is 4.33. The Bertz CT molecular complexity index is 642. The average Bonchev–Trinajstić information content (AvgIpc) is 3.22. The van der Waals surface area contributed by atoms with Crippen molar-refractivity contribution in [2.45, 2.75) is 45.1 Å². The standard InChI is InChI=1S/C23H39N5O/c1-19-10-15-27(16-11-19)14-7-6-13-25-23(24-2)26-20-12-17-28(18-20)21-8-4-5-9-22(21)29-3/h4-5,8-9,19-20H,6-7,10-18H2,1-3H3,(H2,24,25,26). The third-order valence-corrected chi connectivity index (χ3v) is 6.25. The monoisotopic (exact) mass is 401 g/mol. The molecule has 2 fully saturated rings. The first-order valence-corrected chi connectivity index (χ1v) is 11.3. The smallest absolute Gasteiger partial charge is 0.191 e. The van der Waals surface area contributed by atoms with Crippen molar-refractivity contribution >= 4 is 11.6 Å². The molecule has 0 radical (unpaired) electrons. The fourth-order valence-corrected chi connectivity index (χ4v) is 4.33. The number of para-hydroxylation sites is 2. The molecule has 1 aromatic carbocycles. The molecule has 0 aromatic heterocycles. The van der Waals surface area contributed by atoms with Crippen LogP contribution in [0.4, 0.5) is 5.69 Å².